The molecule has 0 saturated carbocycles. The number of carbonyl (C=O) groups is 2. The summed E-state index contributed by atoms with van der Waals surface area (Å²) in [7, 11) is 1.65. The fraction of sp³-hybridized carbons (Fsp3) is 0.250. The van der Waals surface area contributed by atoms with E-state index >= 15 is 0 Å². The minimum Gasteiger partial charge on any atom is -0.365 e. The molecule has 0 unspecified atom stereocenters. The molecule has 0 saturated heterocycles. The summed E-state index contributed by atoms with van der Waals surface area (Å²) >= 11 is 4.00. The van der Waals surface area contributed by atoms with Gasteiger partial charge in [-0.1, -0.05) is 0 Å². The molecular formula is C20H17BrF3N7O2S. The zero-order valence-electron chi connectivity index (χ0n) is 18.0. The quantitative estimate of drug-likeness (QED) is 0.385. The number of nitrogens with one attached hydrogen (secondary N) is 1. The first-order valence-electron chi connectivity index (χ1n) is 9.69. The van der Waals surface area contributed by atoms with Crippen LogP contribution in [0.15, 0.2) is 22.9 Å². The number of aromatic nitrogens is 5. The van der Waals surface area contributed by atoms with Crippen LogP contribution in [0.3, 0.4) is 0 Å². The molecule has 9 nitrogen and oxygen atoms in total. The number of carbonyl (C=O) groups excluding carboxylic acids is 2. The summed E-state index contributed by atoms with van der Waals surface area (Å²) in [6.45, 7) is 3.25. The lowest BCUT2D eigenvalue weighted by Crippen LogP contribution is -2.21. The average Bonchev–Trinajstić information content (AvgIpc) is 3.37. The van der Waals surface area contributed by atoms with Crippen molar-refractivity contribution in [3.63, 3.8) is 0 Å². The molecule has 0 spiro atoms. The zero-order valence-corrected chi connectivity index (χ0v) is 20.4. The van der Waals surface area contributed by atoms with Crippen LogP contribution in [-0.4, -0.2) is 36.4 Å². The van der Waals surface area contributed by atoms with Crippen LogP contribution in [-0.2, 0) is 24.6 Å². The normalized spacial score (nSPS) is 11.9. The lowest BCUT2D eigenvalue weighted by molar-refractivity contribution is -0.140. The Morgan fingerprint density at radius 1 is 1.26 bits per heavy atom. The van der Waals surface area contributed by atoms with Gasteiger partial charge in [-0.05, 0) is 41.4 Å². The fourth-order valence-corrected chi connectivity index (χ4v) is 4.74. The van der Waals surface area contributed by atoms with Crippen molar-refractivity contribution >= 4 is 55.0 Å². The Bertz CT molecular complexity index is 1440. The van der Waals surface area contributed by atoms with E-state index in [-0.39, 0.29) is 32.9 Å². The first kappa shape index (κ1) is 23.9. The van der Waals surface area contributed by atoms with Gasteiger partial charge in [0.25, 0.3) is 5.91 Å². The summed E-state index contributed by atoms with van der Waals surface area (Å²) in [5.41, 5.74) is 6.15. The number of hydrogen-bond acceptors (Lipinski definition) is 6. The van der Waals surface area contributed by atoms with Gasteiger partial charge in [-0.3, -0.25) is 19.0 Å². The van der Waals surface area contributed by atoms with Gasteiger partial charge in [-0.25, -0.2) is 4.98 Å². The van der Waals surface area contributed by atoms with E-state index in [1.165, 1.54) is 15.6 Å². The summed E-state index contributed by atoms with van der Waals surface area (Å²) in [5, 5.41) is 11.1. The average molecular weight is 556 g/mol. The molecule has 0 bridgehead atoms. The third kappa shape index (κ3) is 4.30. The molecule has 0 aromatic carbocycles. The highest BCUT2D eigenvalue weighted by atomic mass is 79.9. The van der Waals surface area contributed by atoms with Crippen molar-refractivity contribution in [2.75, 3.05) is 5.32 Å². The van der Waals surface area contributed by atoms with Crippen LogP contribution < -0.4 is 11.1 Å². The third-order valence-corrected chi connectivity index (χ3v) is 7.03. The molecule has 0 aliphatic carbocycles. The van der Waals surface area contributed by atoms with E-state index < -0.39 is 23.7 Å². The van der Waals surface area contributed by atoms with Crippen LogP contribution in [0.2, 0.25) is 0 Å². The van der Waals surface area contributed by atoms with Crippen molar-refractivity contribution in [2.24, 2.45) is 12.8 Å². The monoisotopic (exact) mass is 555 g/mol. The summed E-state index contributed by atoms with van der Waals surface area (Å²) in [5.74, 6) is -1.45. The molecule has 4 heterocycles. The second-order valence-corrected chi connectivity index (χ2v) is 9.33. The molecule has 3 N–H and O–H groups in total. The van der Waals surface area contributed by atoms with Gasteiger partial charge in [0.15, 0.2) is 0 Å². The Balaban J connectivity index is 1.91. The van der Waals surface area contributed by atoms with Gasteiger partial charge in [0, 0.05) is 29.9 Å². The minimum atomic E-state index is -4.73. The molecule has 0 radical (unpaired) electrons. The maximum atomic E-state index is 13.6. The maximum absolute atomic E-state index is 13.6. The van der Waals surface area contributed by atoms with Crippen LogP contribution in [0.4, 0.5) is 18.9 Å². The van der Waals surface area contributed by atoms with Crippen LogP contribution in [0.1, 0.15) is 26.8 Å². The summed E-state index contributed by atoms with van der Waals surface area (Å²) in [6, 6.07) is 0.882. The van der Waals surface area contributed by atoms with Crippen molar-refractivity contribution in [1.29, 1.82) is 0 Å². The third-order valence-electron chi connectivity index (χ3n) is 5.16. The largest absolute Gasteiger partial charge is 0.433 e. The number of nitrogens with two attached hydrogens (primary N) is 1. The summed E-state index contributed by atoms with van der Waals surface area (Å²) < 4.78 is 44.5. The standard InChI is InChI=1S/C20H17BrF3N7O2S/c1-8-12(21)6-31(29-8)7-14(32)28-16-15-10(11-5-26-30(3)9(11)2)4-13(20(22,23)24)27-19(15)34-17(16)18(25)33/h4-6H,7H2,1-3H3,(H2,25,33)(H,28,32). The number of anilines is 1. The van der Waals surface area contributed by atoms with Crippen molar-refractivity contribution in [2.45, 2.75) is 26.6 Å². The molecule has 4 aromatic rings. The molecule has 4 aromatic heterocycles. The first-order chi connectivity index (χ1) is 15.9. The Hall–Kier alpha value is -3.26. The lowest BCUT2D eigenvalue weighted by atomic mass is 10.0. The molecule has 178 valence electrons. The number of aryl methyl sites for hydroxylation is 2. The van der Waals surface area contributed by atoms with Gasteiger partial charge in [0.2, 0.25) is 5.91 Å². The van der Waals surface area contributed by atoms with Gasteiger partial charge in [-0.15, -0.1) is 11.3 Å². The number of thiophene rings is 1. The lowest BCUT2D eigenvalue weighted by Gasteiger charge is -2.12. The molecule has 2 amide bonds. The van der Waals surface area contributed by atoms with E-state index in [0.29, 0.717) is 32.8 Å². The second-order valence-electron chi connectivity index (χ2n) is 7.48. The Morgan fingerprint density at radius 3 is 2.50 bits per heavy atom. The van der Waals surface area contributed by atoms with E-state index in [9.17, 15) is 22.8 Å². The van der Waals surface area contributed by atoms with Crippen LogP contribution in [0.5, 0.6) is 0 Å². The van der Waals surface area contributed by atoms with Gasteiger partial charge in [0.1, 0.15) is 21.9 Å². The summed E-state index contributed by atoms with van der Waals surface area (Å²) in [4.78, 5) is 28.5. The fourth-order valence-electron chi connectivity index (χ4n) is 3.41. The van der Waals surface area contributed by atoms with Crippen LogP contribution in [0.25, 0.3) is 21.3 Å². The Kier molecular flexibility index (Phi) is 5.97. The van der Waals surface area contributed by atoms with Gasteiger partial charge in [-0.2, -0.15) is 23.4 Å². The van der Waals surface area contributed by atoms with Gasteiger partial charge >= 0.3 is 6.18 Å². The van der Waals surface area contributed by atoms with Crippen molar-refractivity contribution in [3.05, 3.63) is 44.9 Å². The number of fused-ring (bicyclic) bond motifs is 1. The zero-order chi connectivity index (χ0) is 24.9. The number of rotatable bonds is 5. The number of nitrogens with zero attached hydrogens (tertiary/aromatic N) is 5. The van der Waals surface area contributed by atoms with Crippen molar-refractivity contribution in [1.82, 2.24) is 24.5 Å². The highest BCUT2D eigenvalue weighted by Gasteiger charge is 2.35. The smallest absolute Gasteiger partial charge is 0.365 e. The maximum Gasteiger partial charge on any atom is 0.433 e. The van der Waals surface area contributed by atoms with Crippen molar-refractivity contribution in [3.8, 4) is 11.1 Å². The summed E-state index contributed by atoms with van der Waals surface area (Å²) in [6.07, 6.45) is -1.70. The number of pyridine rings is 1. The van der Waals surface area contributed by atoms with Crippen molar-refractivity contribution < 1.29 is 22.8 Å². The molecule has 4 rings (SSSR count). The molecule has 0 aliphatic rings. The number of alkyl halides is 3. The second kappa shape index (κ2) is 8.51. The van der Waals surface area contributed by atoms with Gasteiger partial charge < -0.3 is 11.1 Å². The van der Waals surface area contributed by atoms with E-state index in [2.05, 4.69) is 36.4 Å². The van der Waals surface area contributed by atoms with Crippen LogP contribution >= 0.6 is 27.3 Å². The van der Waals surface area contributed by atoms with Crippen LogP contribution in [0, 0.1) is 13.8 Å². The molecule has 0 fully saturated rings. The molecule has 34 heavy (non-hydrogen) atoms. The number of halogens is 4. The minimum absolute atomic E-state index is 0.0000729. The molecule has 14 heteroatoms. The van der Waals surface area contributed by atoms with E-state index in [0.717, 1.165) is 6.07 Å². The Labute approximate surface area is 202 Å². The molecule has 0 atom stereocenters. The van der Waals surface area contributed by atoms with Gasteiger partial charge in [0.05, 0.1) is 22.1 Å². The first-order valence-corrected chi connectivity index (χ1v) is 11.3. The van der Waals surface area contributed by atoms with E-state index in [1.54, 1.807) is 27.1 Å². The molecular weight excluding hydrogens is 539 g/mol. The predicted octanol–water partition coefficient (Wildman–Crippen LogP) is 4.03. The molecule has 0 aliphatic heterocycles. The number of hydrogen-bond donors (Lipinski definition) is 2. The highest BCUT2D eigenvalue weighted by molar-refractivity contribution is 9.10. The highest BCUT2D eigenvalue weighted by Crippen LogP contribution is 2.44. The Morgan fingerprint density at radius 2 is 1.97 bits per heavy atom. The predicted molar refractivity (Wildman–Crippen MR) is 123 cm³/mol. The number of amides is 2. The number of primary amides is 1. The van der Waals surface area contributed by atoms with E-state index in [1.807, 2.05) is 0 Å². The SMILES string of the molecule is Cc1nn(CC(=O)Nc2c(C(N)=O)sc3nc(C(F)(F)F)cc(-c4cnn(C)c4C)c23)cc1Br. The van der Waals surface area contributed by atoms with E-state index in [4.69, 9.17) is 5.73 Å². The topological polar surface area (TPSA) is 121 Å².